The maximum atomic E-state index is 13.0. The van der Waals surface area contributed by atoms with Gasteiger partial charge >= 0.3 is 5.97 Å². The number of aromatic nitrogens is 1. The number of amides is 2. The highest BCUT2D eigenvalue weighted by Gasteiger charge is 2.57. The van der Waals surface area contributed by atoms with Crippen LogP contribution in [0.1, 0.15) is 5.69 Å². The van der Waals surface area contributed by atoms with Gasteiger partial charge in [0.25, 0.3) is 12.8 Å². The number of halogens is 1. The number of carboxylic acid groups (broad SMARTS) is 1. The van der Waals surface area contributed by atoms with E-state index in [1.165, 1.54) is 64.4 Å². The molecule has 220 valence electrons. The van der Waals surface area contributed by atoms with E-state index >= 15 is 0 Å². The maximum Gasteiger partial charge on any atom is 0.316 e. The summed E-state index contributed by atoms with van der Waals surface area (Å²) >= 11 is 4.84. The number of carboxylic acids is 1. The van der Waals surface area contributed by atoms with E-state index in [-0.39, 0.29) is 34.3 Å². The van der Waals surface area contributed by atoms with Gasteiger partial charge in [0.1, 0.15) is 28.3 Å². The summed E-state index contributed by atoms with van der Waals surface area (Å²) in [6, 6.07) is 5.73. The lowest BCUT2D eigenvalue weighted by Crippen LogP contribution is -2.73. The molecule has 2 aromatic heterocycles. The van der Waals surface area contributed by atoms with Crippen LogP contribution >= 0.6 is 46.2 Å². The van der Waals surface area contributed by atoms with Crippen LogP contribution in [0, 0.1) is 5.41 Å². The molecule has 4 heterocycles. The average Bonchev–Trinajstić information content (AvgIpc) is 3.41. The molecule has 12 nitrogen and oxygen atoms in total. The standard InChI is InChI=1S/C25H22FN5O7S4/c1-37-12-2-3-13-15(32)7-17(42-16(13)6-12)39-5-4-25(23(35)36)9-31-21(34)19(22(31)41-10-25)29-20(33)18(30-38-11-26)14-8-40-24(27)28-14/h2-8,19,22H,9-11H2,1H3,(H2,27,28)(H,29,33)(H,35,36)/t19?,22-,25?/m1/s1. The molecule has 17 heteroatoms. The molecule has 4 N–H and O–H groups in total. The van der Waals surface area contributed by atoms with Crippen LogP contribution in [-0.2, 0) is 19.2 Å². The molecule has 2 saturated heterocycles. The van der Waals surface area contributed by atoms with E-state index in [0.29, 0.717) is 15.3 Å². The van der Waals surface area contributed by atoms with Gasteiger partial charge in [-0.25, -0.2) is 9.37 Å². The number of thiazole rings is 1. The molecule has 0 aliphatic carbocycles. The number of oxime groups is 1. The van der Waals surface area contributed by atoms with Gasteiger partial charge in [-0.15, -0.1) is 34.4 Å². The topological polar surface area (TPSA) is 174 Å². The maximum absolute atomic E-state index is 13.0. The van der Waals surface area contributed by atoms with Gasteiger partial charge in [-0.1, -0.05) is 23.0 Å². The highest BCUT2D eigenvalue weighted by atomic mass is 32.2. The van der Waals surface area contributed by atoms with E-state index in [0.717, 1.165) is 16.0 Å². The number of alkyl halides is 1. The molecular formula is C25H22FN5O7S4. The Labute approximate surface area is 253 Å². The van der Waals surface area contributed by atoms with Crippen LogP contribution in [0.3, 0.4) is 0 Å². The third kappa shape index (κ3) is 5.81. The molecule has 2 unspecified atom stereocenters. The van der Waals surface area contributed by atoms with Crippen molar-refractivity contribution in [1.29, 1.82) is 0 Å². The minimum atomic E-state index is -1.39. The van der Waals surface area contributed by atoms with Crippen molar-refractivity contribution in [2.45, 2.75) is 15.6 Å². The van der Waals surface area contributed by atoms with Crippen molar-refractivity contribution < 1.29 is 33.5 Å². The zero-order valence-electron chi connectivity index (χ0n) is 21.6. The van der Waals surface area contributed by atoms with Gasteiger partial charge in [0.05, 0.1) is 11.3 Å². The van der Waals surface area contributed by atoms with E-state index < -0.39 is 41.5 Å². The number of carbonyl (C=O) groups is 3. The Hall–Kier alpha value is -3.67. The molecule has 0 radical (unpaired) electrons. The summed E-state index contributed by atoms with van der Waals surface area (Å²) in [6.07, 6.45) is 1.53. The van der Waals surface area contributed by atoms with Crippen molar-refractivity contribution in [2.75, 3.05) is 32.0 Å². The van der Waals surface area contributed by atoms with E-state index in [4.69, 9.17) is 10.5 Å². The molecular weight excluding hydrogens is 630 g/mol. The zero-order valence-corrected chi connectivity index (χ0v) is 24.9. The van der Waals surface area contributed by atoms with Crippen molar-refractivity contribution in [3.63, 3.8) is 0 Å². The minimum Gasteiger partial charge on any atom is -0.497 e. The summed E-state index contributed by atoms with van der Waals surface area (Å²) in [5.74, 6) is -1.66. The second kappa shape index (κ2) is 12.3. The number of nitrogens with one attached hydrogen (secondary N) is 1. The Morgan fingerprint density at radius 3 is 2.88 bits per heavy atom. The van der Waals surface area contributed by atoms with E-state index in [1.807, 2.05) is 0 Å². The van der Waals surface area contributed by atoms with Crippen LogP contribution in [0.5, 0.6) is 5.75 Å². The van der Waals surface area contributed by atoms with Gasteiger partial charge in [-0.3, -0.25) is 19.2 Å². The smallest absolute Gasteiger partial charge is 0.316 e. The second-order valence-corrected chi connectivity index (χ2v) is 13.3. The van der Waals surface area contributed by atoms with Gasteiger partial charge in [-0.05, 0) is 23.6 Å². The quantitative estimate of drug-likeness (QED) is 0.127. The van der Waals surface area contributed by atoms with E-state index in [2.05, 4.69) is 20.3 Å². The van der Waals surface area contributed by atoms with Gasteiger partial charge in [0, 0.05) is 33.8 Å². The Bertz CT molecular complexity index is 1680. The molecule has 42 heavy (non-hydrogen) atoms. The Balaban J connectivity index is 1.27. The minimum absolute atomic E-state index is 0.0616. The summed E-state index contributed by atoms with van der Waals surface area (Å²) in [4.78, 5) is 60.6. The number of nitrogen functional groups attached to an aromatic ring is 1. The normalized spacial score (nSPS) is 22.1. The number of aliphatic carboxylic acids is 1. The predicted molar refractivity (Wildman–Crippen MR) is 160 cm³/mol. The molecule has 0 spiro atoms. The van der Waals surface area contributed by atoms with Crippen molar-refractivity contribution in [3.05, 3.63) is 57.0 Å². The number of anilines is 1. The molecule has 3 atom stereocenters. The predicted octanol–water partition coefficient (Wildman–Crippen LogP) is 2.73. The number of ether oxygens (including phenoxy) is 1. The highest BCUT2D eigenvalue weighted by molar-refractivity contribution is 8.04. The average molecular weight is 652 g/mol. The number of benzene rings is 1. The molecule has 2 fully saturated rings. The molecule has 2 amide bonds. The number of thioether (sulfide) groups is 2. The van der Waals surface area contributed by atoms with Crippen LogP contribution in [0.4, 0.5) is 9.52 Å². The summed E-state index contributed by atoms with van der Waals surface area (Å²) in [5.41, 5.74) is 3.79. The van der Waals surface area contributed by atoms with Crippen LogP contribution in [0.25, 0.3) is 10.1 Å². The Morgan fingerprint density at radius 2 is 2.19 bits per heavy atom. The number of hydrogen-bond donors (Lipinski definition) is 3. The van der Waals surface area contributed by atoms with Gasteiger partial charge in [0.15, 0.2) is 16.3 Å². The lowest BCUT2D eigenvalue weighted by molar-refractivity contribution is -0.156. The molecule has 3 aromatic rings. The Morgan fingerprint density at radius 1 is 1.38 bits per heavy atom. The van der Waals surface area contributed by atoms with Crippen LogP contribution < -0.4 is 21.2 Å². The zero-order chi connectivity index (χ0) is 30.0. The molecule has 5 rings (SSSR count). The summed E-state index contributed by atoms with van der Waals surface area (Å²) < 4.78 is 19.2. The first kappa shape index (κ1) is 29.8. The number of methoxy groups -OCH3 is 1. The summed E-state index contributed by atoms with van der Waals surface area (Å²) in [7, 11) is 1.54. The first-order valence-electron chi connectivity index (χ1n) is 12.1. The third-order valence-electron chi connectivity index (χ3n) is 6.49. The SMILES string of the molecule is COc1ccc2c(=O)cc(SC=CC3(C(=O)O)CS[C@@H]4C(NC(=O)C(=NOCF)c5csc(N)n5)C(=O)N4C3)sc2c1. The highest BCUT2D eigenvalue weighted by Crippen LogP contribution is 2.43. The molecule has 0 bridgehead atoms. The number of rotatable bonds is 10. The monoisotopic (exact) mass is 651 g/mol. The molecule has 2 aliphatic heterocycles. The van der Waals surface area contributed by atoms with Gasteiger partial charge < -0.3 is 30.6 Å². The fourth-order valence-corrected chi connectivity index (χ4v) is 8.49. The summed E-state index contributed by atoms with van der Waals surface area (Å²) in [6.45, 7) is -1.38. The number of fused-ring (bicyclic) bond motifs is 2. The fraction of sp³-hybridized carbons (Fsp3) is 0.280. The van der Waals surface area contributed by atoms with Crippen molar-refractivity contribution >= 4 is 84.9 Å². The molecule has 2 aliphatic rings. The fourth-order valence-electron chi connectivity index (χ4n) is 4.33. The second-order valence-electron chi connectivity index (χ2n) is 9.04. The number of β-lactam (4-membered cyclic amide) rings is 1. The van der Waals surface area contributed by atoms with Crippen LogP contribution in [0.2, 0.25) is 0 Å². The van der Waals surface area contributed by atoms with Crippen molar-refractivity contribution in [2.24, 2.45) is 10.6 Å². The van der Waals surface area contributed by atoms with Gasteiger partial charge in [0.2, 0.25) is 5.91 Å². The lowest BCUT2D eigenvalue weighted by atomic mass is 9.87. The molecule has 1 aromatic carbocycles. The molecule has 0 saturated carbocycles. The van der Waals surface area contributed by atoms with E-state index in [1.54, 1.807) is 23.6 Å². The number of nitrogens with zero attached hydrogens (tertiary/aromatic N) is 3. The number of nitrogens with two attached hydrogens (primary N) is 1. The first-order valence-corrected chi connectivity index (χ1v) is 15.7. The largest absolute Gasteiger partial charge is 0.497 e. The Kier molecular flexibility index (Phi) is 8.72. The van der Waals surface area contributed by atoms with Crippen LogP contribution in [-0.4, -0.2) is 76.2 Å². The lowest BCUT2D eigenvalue weighted by Gasteiger charge is -2.53. The van der Waals surface area contributed by atoms with E-state index in [9.17, 15) is 28.7 Å². The van der Waals surface area contributed by atoms with Crippen molar-refractivity contribution in [1.82, 2.24) is 15.2 Å². The van der Waals surface area contributed by atoms with Crippen molar-refractivity contribution in [3.8, 4) is 5.75 Å². The van der Waals surface area contributed by atoms with Gasteiger partial charge in [-0.2, -0.15) is 0 Å². The number of carbonyl (C=O) groups excluding carboxylic acids is 2. The first-order chi connectivity index (χ1) is 20.2. The number of hydrogen-bond acceptors (Lipinski definition) is 13. The third-order valence-corrected chi connectivity index (χ3v) is 10.7. The van der Waals surface area contributed by atoms with Crippen LogP contribution in [0.15, 0.2) is 55.3 Å². The summed E-state index contributed by atoms with van der Waals surface area (Å²) in [5, 5.41) is 19.4.